The van der Waals surface area contributed by atoms with Crippen LogP contribution in [-0.2, 0) is 9.84 Å². The van der Waals surface area contributed by atoms with E-state index in [1.54, 1.807) is 45.9 Å². The van der Waals surface area contributed by atoms with Gasteiger partial charge in [-0.3, -0.25) is 4.79 Å². The Balaban J connectivity index is 1.75. The zero-order valence-electron chi connectivity index (χ0n) is 12.9. The van der Waals surface area contributed by atoms with Crippen LogP contribution in [0.4, 0.5) is 0 Å². The molecular formula is C16H21NO3S3. The Morgan fingerprint density at radius 3 is 2.13 bits per heavy atom. The Bertz CT molecular complexity index is 644. The molecule has 0 aromatic heterocycles. The van der Waals surface area contributed by atoms with Gasteiger partial charge >= 0.3 is 0 Å². The molecule has 1 heterocycles. The molecule has 0 N–H and O–H groups in total. The van der Waals surface area contributed by atoms with E-state index in [9.17, 15) is 13.2 Å². The fraction of sp³-hybridized carbons (Fsp3) is 0.562. The molecule has 0 spiro atoms. The van der Waals surface area contributed by atoms with Crippen molar-refractivity contribution in [1.29, 1.82) is 0 Å². The van der Waals surface area contributed by atoms with Gasteiger partial charge in [-0.2, -0.15) is 0 Å². The molecule has 0 bridgehead atoms. The molecule has 23 heavy (non-hydrogen) atoms. The fourth-order valence-electron chi connectivity index (χ4n) is 3.09. The van der Waals surface area contributed by atoms with E-state index in [1.165, 1.54) is 0 Å². The first kappa shape index (κ1) is 17.2. The third kappa shape index (κ3) is 3.88. The minimum Gasteiger partial charge on any atom is -0.337 e. The predicted molar refractivity (Wildman–Crippen MR) is 96.7 cm³/mol. The minimum absolute atomic E-state index is 0.00193. The monoisotopic (exact) mass is 371 g/mol. The summed E-state index contributed by atoms with van der Waals surface area (Å²) in [4.78, 5) is 14.7. The number of hydrogen-bond acceptors (Lipinski definition) is 5. The highest BCUT2D eigenvalue weighted by atomic mass is 33.1. The van der Waals surface area contributed by atoms with Crippen molar-refractivity contribution < 1.29 is 13.2 Å². The molecule has 0 unspecified atom stereocenters. The van der Waals surface area contributed by atoms with Crippen LogP contribution in [0.1, 0.15) is 36.0 Å². The zero-order valence-corrected chi connectivity index (χ0v) is 15.4. The van der Waals surface area contributed by atoms with Crippen molar-refractivity contribution in [3.8, 4) is 0 Å². The molecule has 2 fully saturated rings. The lowest BCUT2D eigenvalue weighted by Gasteiger charge is -2.20. The van der Waals surface area contributed by atoms with E-state index in [-0.39, 0.29) is 11.2 Å². The first-order chi connectivity index (χ1) is 11.1. The molecule has 1 aromatic carbocycles. The molecule has 1 aromatic rings. The molecule has 0 atom stereocenters. The van der Waals surface area contributed by atoms with E-state index in [1.807, 2.05) is 4.90 Å². The lowest BCUT2D eigenvalue weighted by Crippen LogP contribution is -2.33. The third-order valence-corrected chi connectivity index (χ3v) is 9.07. The molecule has 1 aliphatic carbocycles. The number of amides is 1. The summed E-state index contributed by atoms with van der Waals surface area (Å²) in [6, 6.07) is 6.52. The van der Waals surface area contributed by atoms with Crippen molar-refractivity contribution in [2.45, 2.75) is 35.8 Å². The van der Waals surface area contributed by atoms with Crippen molar-refractivity contribution in [2.75, 3.05) is 24.6 Å². The van der Waals surface area contributed by atoms with Gasteiger partial charge in [-0.05, 0) is 37.1 Å². The number of nitrogens with zero attached hydrogens (tertiary/aromatic N) is 1. The molecule has 2 aliphatic rings. The molecule has 4 nitrogen and oxygen atoms in total. The number of carbonyl (C=O) groups excluding carboxylic acids is 1. The summed E-state index contributed by atoms with van der Waals surface area (Å²) in [5, 5.41) is -0.247. The fourth-order valence-corrected chi connectivity index (χ4v) is 6.92. The van der Waals surface area contributed by atoms with Crippen LogP contribution in [0.25, 0.3) is 0 Å². The average Bonchev–Trinajstić information content (AvgIpc) is 2.98. The summed E-state index contributed by atoms with van der Waals surface area (Å²) in [5.74, 6) is 1.87. The topological polar surface area (TPSA) is 54.5 Å². The van der Waals surface area contributed by atoms with E-state index >= 15 is 0 Å². The van der Waals surface area contributed by atoms with Gasteiger partial charge in [0.25, 0.3) is 5.91 Å². The van der Waals surface area contributed by atoms with Gasteiger partial charge in [0.15, 0.2) is 9.84 Å². The smallest absolute Gasteiger partial charge is 0.253 e. The highest BCUT2D eigenvalue weighted by molar-refractivity contribution is 8.76. The first-order valence-corrected chi connectivity index (χ1v) is 12.0. The van der Waals surface area contributed by atoms with Gasteiger partial charge in [-0.15, -0.1) is 0 Å². The number of sulfone groups is 1. The summed E-state index contributed by atoms with van der Waals surface area (Å²) in [5.41, 5.74) is 0.576. The number of carbonyl (C=O) groups is 1. The molecule has 3 rings (SSSR count). The summed E-state index contributed by atoms with van der Waals surface area (Å²) in [6.45, 7) is 1.50. The quantitative estimate of drug-likeness (QED) is 0.764. The van der Waals surface area contributed by atoms with Crippen molar-refractivity contribution in [1.82, 2.24) is 4.90 Å². The first-order valence-electron chi connectivity index (χ1n) is 7.97. The van der Waals surface area contributed by atoms with Gasteiger partial charge in [-0.25, -0.2) is 8.42 Å². The van der Waals surface area contributed by atoms with Crippen molar-refractivity contribution in [2.24, 2.45) is 0 Å². The second kappa shape index (κ2) is 7.49. The maximum atomic E-state index is 12.6. The zero-order chi connectivity index (χ0) is 16.3. The van der Waals surface area contributed by atoms with Crippen LogP contribution in [0.2, 0.25) is 0 Å². The van der Waals surface area contributed by atoms with E-state index in [4.69, 9.17) is 0 Å². The molecule has 1 saturated carbocycles. The average molecular weight is 372 g/mol. The largest absolute Gasteiger partial charge is 0.337 e. The summed E-state index contributed by atoms with van der Waals surface area (Å²) in [6.07, 6.45) is 3.50. The molecule has 7 heteroatoms. The van der Waals surface area contributed by atoms with Crippen LogP contribution in [0.5, 0.6) is 0 Å². The van der Waals surface area contributed by atoms with Crippen LogP contribution in [0.3, 0.4) is 0 Å². The standard InChI is InChI=1S/C16H21NO3S3/c18-16(17-9-11-21-22-12-10-17)13-5-7-15(8-6-13)23(19,20)14-3-1-2-4-14/h5-8,14H,1-4,9-12H2. The van der Waals surface area contributed by atoms with Gasteiger partial charge in [0.05, 0.1) is 10.1 Å². The van der Waals surface area contributed by atoms with Crippen molar-refractivity contribution in [3.05, 3.63) is 29.8 Å². The number of rotatable bonds is 3. The summed E-state index contributed by atoms with van der Waals surface area (Å²) >= 11 is 0. The van der Waals surface area contributed by atoms with E-state index in [0.29, 0.717) is 10.5 Å². The Labute approximate surface area is 145 Å². The maximum absolute atomic E-state index is 12.6. The third-order valence-electron chi connectivity index (χ3n) is 4.43. The van der Waals surface area contributed by atoms with Crippen LogP contribution in [-0.4, -0.2) is 49.1 Å². The second-order valence-corrected chi connectivity index (χ2v) is 10.8. The van der Waals surface area contributed by atoms with E-state index in [2.05, 4.69) is 0 Å². The highest BCUT2D eigenvalue weighted by Gasteiger charge is 2.30. The second-order valence-electron chi connectivity index (χ2n) is 5.91. The molecule has 1 aliphatic heterocycles. The maximum Gasteiger partial charge on any atom is 0.253 e. The predicted octanol–water partition coefficient (Wildman–Crippen LogP) is 3.24. The minimum atomic E-state index is -3.24. The van der Waals surface area contributed by atoms with Crippen LogP contribution >= 0.6 is 21.6 Å². The normalized spacial score (nSPS) is 20.4. The van der Waals surface area contributed by atoms with Crippen LogP contribution < -0.4 is 0 Å². The van der Waals surface area contributed by atoms with Crippen LogP contribution in [0, 0.1) is 0 Å². The lowest BCUT2D eigenvalue weighted by atomic mass is 10.2. The molecule has 1 saturated heterocycles. The Morgan fingerprint density at radius 2 is 1.57 bits per heavy atom. The van der Waals surface area contributed by atoms with Gasteiger partial charge in [-0.1, -0.05) is 34.4 Å². The highest BCUT2D eigenvalue weighted by Crippen LogP contribution is 2.30. The van der Waals surface area contributed by atoms with E-state index < -0.39 is 9.84 Å². The summed E-state index contributed by atoms with van der Waals surface area (Å²) in [7, 11) is 0.347. The Morgan fingerprint density at radius 1 is 1.00 bits per heavy atom. The molecular weight excluding hydrogens is 350 g/mol. The number of hydrogen-bond donors (Lipinski definition) is 0. The Hall–Kier alpha value is -0.660. The Kier molecular flexibility index (Phi) is 5.59. The summed E-state index contributed by atoms with van der Waals surface area (Å²) < 4.78 is 25.1. The van der Waals surface area contributed by atoms with Crippen molar-refractivity contribution in [3.63, 3.8) is 0 Å². The molecule has 1 amide bonds. The van der Waals surface area contributed by atoms with Gasteiger partial charge in [0.1, 0.15) is 0 Å². The van der Waals surface area contributed by atoms with Crippen LogP contribution in [0.15, 0.2) is 29.2 Å². The number of benzene rings is 1. The molecule has 0 radical (unpaired) electrons. The van der Waals surface area contributed by atoms with Crippen molar-refractivity contribution >= 4 is 37.3 Å². The lowest BCUT2D eigenvalue weighted by molar-refractivity contribution is 0.0776. The van der Waals surface area contributed by atoms with Gasteiger partial charge in [0, 0.05) is 30.2 Å². The SMILES string of the molecule is O=C(c1ccc(S(=O)(=O)C2CCCC2)cc1)N1CCSSCC1. The van der Waals surface area contributed by atoms with Gasteiger partial charge < -0.3 is 4.90 Å². The molecule has 126 valence electrons. The van der Waals surface area contributed by atoms with Gasteiger partial charge in [0.2, 0.25) is 0 Å². The van der Waals surface area contributed by atoms with E-state index in [0.717, 1.165) is 50.3 Å².